The van der Waals surface area contributed by atoms with Gasteiger partial charge < -0.3 is 10.2 Å². The van der Waals surface area contributed by atoms with Gasteiger partial charge in [0.2, 0.25) is 11.8 Å². The molecule has 208 valence electrons. The van der Waals surface area contributed by atoms with Gasteiger partial charge in [-0.1, -0.05) is 85.1 Å². The number of sulfonamides is 1. The van der Waals surface area contributed by atoms with Crippen LogP contribution < -0.4 is 9.62 Å². The summed E-state index contributed by atoms with van der Waals surface area (Å²) in [6.07, 6.45) is 1.08. The minimum absolute atomic E-state index is 0.00772. The molecule has 3 rings (SSSR count). The standard InChI is InChI=1S/C29H33Cl2N3O4S/c1-4-17-32-29(36)26(5-2)33(19-22-13-11-21(3)12-14-22)28(35)20-34(27-18-23(30)15-16-25(27)31)39(37,38)24-9-7-6-8-10-24/h6-16,18,26H,4-5,17,19-20H2,1-3H3,(H,32,36)/t26-/m1/s1. The van der Waals surface area contributed by atoms with Crippen LogP contribution in [0, 0.1) is 6.92 Å². The van der Waals surface area contributed by atoms with Crippen LogP contribution in [0.2, 0.25) is 10.0 Å². The number of hydrogen-bond acceptors (Lipinski definition) is 4. The normalized spacial score (nSPS) is 12.0. The van der Waals surface area contributed by atoms with Crippen molar-refractivity contribution in [3.8, 4) is 0 Å². The second-order valence-corrected chi connectivity index (χ2v) is 11.8. The smallest absolute Gasteiger partial charge is 0.264 e. The average Bonchev–Trinajstić information content (AvgIpc) is 2.93. The molecular formula is C29H33Cl2N3O4S. The molecule has 0 aromatic heterocycles. The lowest BCUT2D eigenvalue weighted by Crippen LogP contribution is -2.52. The van der Waals surface area contributed by atoms with Gasteiger partial charge in [0.1, 0.15) is 12.6 Å². The van der Waals surface area contributed by atoms with Gasteiger partial charge in [0.25, 0.3) is 10.0 Å². The van der Waals surface area contributed by atoms with Crippen LogP contribution >= 0.6 is 23.2 Å². The Kier molecular flexibility index (Phi) is 10.8. The van der Waals surface area contributed by atoms with Gasteiger partial charge in [-0.2, -0.15) is 0 Å². The Balaban J connectivity index is 2.07. The van der Waals surface area contributed by atoms with Crippen molar-refractivity contribution in [3.63, 3.8) is 0 Å². The van der Waals surface area contributed by atoms with E-state index in [0.717, 1.165) is 21.9 Å². The highest BCUT2D eigenvalue weighted by Crippen LogP contribution is 2.33. The molecule has 0 radical (unpaired) electrons. The van der Waals surface area contributed by atoms with Crippen LogP contribution in [0.15, 0.2) is 77.7 Å². The third kappa shape index (κ3) is 7.75. The lowest BCUT2D eigenvalue weighted by molar-refractivity contribution is -0.140. The Morgan fingerprint density at radius 3 is 2.23 bits per heavy atom. The number of halogens is 2. The number of rotatable bonds is 12. The maximum atomic E-state index is 14.0. The predicted molar refractivity (Wildman–Crippen MR) is 157 cm³/mol. The molecule has 1 N–H and O–H groups in total. The van der Waals surface area contributed by atoms with Crippen molar-refractivity contribution >= 4 is 50.7 Å². The summed E-state index contributed by atoms with van der Waals surface area (Å²) in [7, 11) is -4.23. The van der Waals surface area contributed by atoms with Gasteiger partial charge in [-0.05, 0) is 55.7 Å². The van der Waals surface area contributed by atoms with E-state index in [2.05, 4.69) is 5.32 Å². The Bertz CT molecular complexity index is 1380. The molecule has 7 nitrogen and oxygen atoms in total. The van der Waals surface area contributed by atoms with E-state index in [-0.39, 0.29) is 33.1 Å². The summed E-state index contributed by atoms with van der Waals surface area (Å²) < 4.78 is 28.6. The third-order valence-electron chi connectivity index (χ3n) is 6.20. The Morgan fingerprint density at radius 2 is 1.62 bits per heavy atom. The van der Waals surface area contributed by atoms with Gasteiger partial charge in [-0.25, -0.2) is 8.42 Å². The lowest BCUT2D eigenvalue weighted by atomic mass is 10.1. The lowest BCUT2D eigenvalue weighted by Gasteiger charge is -2.33. The quantitative estimate of drug-likeness (QED) is 0.288. The van der Waals surface area contributed by atoms with Crippen molar-refractivity contribution in [3.05, 3.63) is 94.0 Å². The first-order chi connectivity index (χ1) is 18.6. The van der Waals surface area contributed by atoms with Crippen LogP contribution in [0.4, 0.5) is 5.69 Å². The molecule has 0 spiro atoms. The molecule has 3 aromatic rings. The maximum absolute atomic E-state index is 14.0. The van der Waals surface area contributed by atoms with Crippen molar-refractivity contribution in [2.45, 2.75) is 51.1 Å². The maximum Gasteiger partial charge on any atom is 0.264 e. The molecule has 0 unspecified atom stereocenters. The van der Waals surface area contributed by atoms with E-state index in [4.69, 9.17) is 23.2 Å². The van der Waals surface area contributed by atoms with Crippen molar-refractivity contribution in [2.24, 2.45) is 0 Å². The van der Waals surface area contributed by atoms with Crippen molar-refractivity contribution < 1.29 is 18.0 Å². The fourth-order valence-corrected chi connectivity index (χ4v) is 5.97. The van der Waals surface area contributed by atoms with Gasteiger partial charge in [0.05, 0.1) is 15.6 Å². The number of hydrogen-bond donors (Lipinski definition) is 1. The zero-order valence-corrected chi connectivity index (χ0v) is 24.6. The zero-order valence-electron chi connectivity index (χ0n) is 22.2. The molecule has 0 saturated heterocycles. The summed E-state index contributed by atoms with van der Waals surface area (Å²) in [6.45, 7) is 5.73. The van der Waals surface area contributed by atoms with Crippen LogP contribution in [-0.2, 0) is 26.2 Å². The number of carbonyl (C=O) groups is 2. The van der Waals surface area contributed by atoms with Crippen molar-refractivity contribution in [1.29, 1.82) is 0 Å². The first kappa shape index (κ1) is 30.5. The molecule has 39 heavy (non-hydrogen) atoms. The second-order valence-electron chi connectivity index (χ2n) is 9.14. The van der Waals surface area contributed by atoms with Gasteiger partial charge in [-0.3, -0.25) is 13.9 Å². The van der Waals surface area contributed by atoms with Crippen molar-refractivity contribution in [1.82, 2.24) is 10.2 Å². The SMILES string of the molecule is CCCNC(=O)[C@@H](CC)N(Cc1ccc(C)cc1)C(=O)CN(c1cc(Cl)ccc1Cl)S(=O)(=O)c1ccccc1. The minimum Gasteiger partial charge on any atom is -0.354 e. The molecule has 0 bridgehead atoms. The van der Waals surface area contributed by atoms with Gasteiger partial charge in [-0.15, -0.1) is 0 Å². The monoisotopic (exact) mass is 589 g/mol. The summed E-state index contributed by atoms with van der Waals surface area (Å²) in [5.41, 5.74) is 1.94. The number of aryl methyl sites for hydroxylation is 1. The molecule has 10 heteroatoms. The Hall–Kier alpha value is -3.07. The summed E-state index contributed by atoms with van der Waals surface area (Å²) in [5, 5.41) is 3.24. The fraction of sp³-hybridized carbons (Fsp3) is 0.310. The average molecular weight is 591 g/mol. The van der Waals surface area contributed by atoms with Gasteiger partial charge in [0, 0.05) is 18.1 Å². The van der Waals surface area contributed by atoms with Crippen LogP contribution in [0.3, 0.4) is 0 Å². The fourth-order valence-electron chi connectivity index (χ4n) is 4.09. The molecule has 0 aliphatic heterocycles. The predicted octanol–water partition coefficient (Wildman–Crippen LogP) is 5.83. The molecule has 0 aliphatic carbocycles. The summed E-state index contributed by atoms with van der Waals surface area (Å²) >= 11 is 12.6. The highest BCUT2D eigenvalue weighted by atomic mass is 35.5. The van der Waals surface area contributed by atoms with Crippen LogP contribution in [-0.4, -0.2) is 44.3 Å². The van der Waals surface area contributed by atoms with E-state index in [1.54, 1.807) is 18.2 Å². The first-order valence-electron chi connectivity index (χ1n) is 12.7. The van der Waals surface area contributed by atoms with E-state index >= 15 is 0 Å². The summed E-state index contributed by atoms with van der Waals surface area (Å²) in [4.78, 5) is 28.6. The first-order valence-corrected chi connectivity index (χ1v) is 14.9. The Labute approximate surface area is 240 Å². The van der Waals surface area contributed by atoms with Crippen LogP contribution in [0.25, 0.3) is 0 Å². The second kappa shape index (κ2) is 13.8. The van der Waals surface area contributed by atoms with Crippen LogP contribution in [0.1, 0.15) is 37.8 Å². The van der Waals surface area contributed by atoms with Crippen LogP contribution in [0.5, 0.6) is 0 Å². The number of amides is 2. The number of nitrogens with one attached hydrogen (secondary N) is 1. The molecular weight excluding hydrogens is 557 g/mol. The third-order valence-corrected chi connectivity index (χ3v) is 8.52. The van der Waals surface area contributed by atoms with Gasteiger partial charge >= 0.3 is 0 Å². The molecule has 0 heterocycles. The number of carbonyl (C=O) groups excluding carboxylic acids is 2. The molecule has 0 aliphatic rings. The largest absolute Gasteiger partial charge is 0.354 e. The van der Waals surface area contributed by atoms with Gasteiger partial charge in [0.15, 0.2) is 0 Å². The highest BCUT2D eigenvalue weighted by molar-refractivity contribution is 7.92. The molecule has 2 amide bonds. The summed E-state index contributed by atoms with van der Waals surface area (Å²) in [5.74, 6) is -0.845. The summed E-state index contributed by atoms with van der Waals surface area (Å²) in [6, 6.07) is 19.0. The number of benzene rings is 3. The topological polar surface area (TPSA) is 86.8 Å². The molecule has 0 saturated carbocycles. The van der Waals surface area contributed by atoms with E-state index in [9.17, 15) is 18.0 Å². The molecule has 1 atom stereocenters. The number of anilines is 1. The van der Waals surface area contributed by atoms with Crippen molar-refractivity contribution in [2.75, 3.05) is 17.4 Å². The Morgan fingerprint density at radius 1 is 0.949 bits per heavy atom. The highest BCUT2D eigenvalue weighted by Gasteiger charge is 2.34. The van der Waals surface area contributed by atoms with E-state index in [0.29, 0.717) is 13.0 Å². The van der Waals surface area contributed by atoms with E-state index < -0.39 is 28.5 Å². The minimum atomic E-state index is -4.23. The number of nitrogens with zero attached hydrogens (tertiary/aromatic N) is 2. The van der Waals surface area contributed by atoms with E-state index in [1.807, 2.05) is 45.0 Å². The zero-order chi connectivity index (χ0) is 28.6. The molecule has 0 fully saturated rings. The molecule has 3 aromatic carbocycles. The van der Waals surface area contributed by atoms with E-state index in [1.165, 1.54) is 35.2 Å².